The Bertz CT molecular complexity index is 860. The molecule has 0 saturated heterocycles. The molecule has 0 aliphatic carbocycles. The maximum absolute atomic E-state index is 12.0. The fourth-order valence-corrected chi connectivity index (χ4v) is 3.46. The Morgan fingerprint density at radius 1 is 1.17 bits per heavy atom. The van der Waals surface area contributed by atoms with Gasteiger partial charge in [-0.3, -0.25) is 9.89 Å². The number of rotatable bonds is 6. The number of aromatic amines is 1. The first-order valence-electron chi connectivity index (χ1n) is 7.84. The third-order valence-corrected chi connectivity index (χ3v) is 4.79. The molecule has 3 N–H and O–H groups in total. The monoisotopic (exact) mass is 435 g/mol. The Labute approximate surface area is 153 Å². The molecule has 0 bridgehead atoms. The van der Waals surface area contributed by atoms with Gasteiger partial charge >= 0.3 is 0 Å². The summed E-state index contributed by atoms with van der Waals surface area (Å²) in [5.41, 5.74) is 2.44. The van der Waals surface area contributed by atoms with Gasteiger partial charge < -0.3 is 10.4 Å². The summed E-state index contributed by atoms with van der Waals surface area (Å²) in [6.45, 7) is 0.576. The molecule has 6 heteroatoms. The predicted molar refractivity (Wildman–Crippen MR) is 102 cm³/mol. The summed E-state index contributed by atoms with van der Waals surface area (Å²) in [6, 6.07) is 12.7. The molecule has 5 nitrogen and oxygen atoms in total. The highest BCUT2D eigenvalue weighted by Gasteiger charge is 2.10. The smallest absolute Gasteiger partial charge is 0.255 e. The van der Waals surface area contributed by atoms with Crippen LogP contribution in [0.1, 0.15) is 28.9 Å². The fourth-order valence-electron chi connectivity index (χ4n) is 2.66. The number of H-pyrrole nitrogens is 1. The van der Waals surface area contributed by atoms with Crippen LogP contribution in [0.15, 0.2) is 42.5 Å². The molecular weight excluding hydrogens is 417 g/mol. The largest absolute Gasteiger partial charge is 0.507 e. The Kier molecular flexibility index (Phi) is 5.34. The maximum atomic E-state index is 12.0. The van der Waals surface area contributed by atoms with Crippen LogP contribution in [0.5, 0.6) is 5.75 Å². The quantitative estimate of drug-likeness (QED) is 0.409. The Hall–Kier alpha value is -2.09. The van der Waals surface area contributed by atoms with E-state index in [-0.39, 0.29) is 11.7 Å². The molecule has 0 unspecified atom stereocenters. The number of aryl methyl sites for hydroxylation is 1. The van der Waals surface area contributed by atoms with Gasteiger partial charge in [-0.05, 0) is 66.1 Å². The number of fused-ring (bicyclic) bond motifs is 1. The van der Waals surface area contributed by atoms with Crippen LogP contribution in [-0.4, -0.2) is 27.8 Å². The number of unbranched alkanes of at least 4 members (excludes halogenated alkanes) is 1. The van der Waals surface area contributed by atoms with Gasteiger partial charge in [0.2, 0.25) is 0 Å². The number of carbonyl (C=O) groups is 1. The molecule has 1 amide bonds. The van der Waals surface area contributed by atoms with Crippen LogP contribution in [-0.2, 0) is 6.42 Å². The number of aromatic nitrogens is 2. The lowest BCUT2D eigenvalue weighted by molar-refractivity contribution is 0.0950. The van der Waals surface area contributed by atoms with Crippen molar-refractivity contribution in [3.8, 4) is 5.75 Å². The number of nitrogens with zero attached hydrogens (tertiary/aromatic N) is 1. The molecule has 1 aromatic heterocycles. The number of benzene rings is 2. The van der Waals surface area contributed by atoms with Crippen LogP contribution < -0.4 is 5.32 Å². The molecule has 0 saturated carbocycles. The number of para-hydroxylation sites is 1. The maximum Gasteiger partial charge on any atom is 0.255 e. The van der Waals surface area contributed by atoms with Crippen molar-refractivity contribution in [1.82, 2.24) is 15.5 Å². The van der Waals surface area contributed by atoms with Gasteiger partial charge in [-0.25, -0.2) is 0 Å². The van der Waals surface area contributed by atoms with Crippen LogP contribution in [0.2, 0.25) is 0 Å². The van der Waals surface area contributed by atoms with Gasteiger partial charge in [-0.15, -0.1) is 0 Å². The zero-order valence-electron chi connectivity index (χ0n) is 13.1. The highest BCUT2D eigenvalue weighted by atomic mass is 127. The van der Waals surface area contributed by atoms with E-state index >= 15 is 0 Å². The Morgan fingerprint density at radius 2 is 2.00 bits per heavy atom. The summed E-state index contributed by atoms with van der Waals surface area (Å²) in [6.07, 6.45) is 2.66. The average Bonchev–Trinajstić information content (AvgIpc) is 2.99. The van der Waals surface area contributed by atoms with E-state index in [9.17, 15) is 9.90 Å². The van der Waals surface area contributed by atoms with Crippen LogP contribution in [0.4, 0.5) is 0 Å². The second kappa shape index (κ2) is 7.65. The number of hydrogen-bond donors (Lipinski definition) is 3. The van der Waals surface area contributed by atoms with Crippen molar-refractivity contribution in [2.75, 3.05) is 6.54 Å². The van der Waals surface area contributed by atoms with Crippen molar-refractivity contribution in [3.05, 3.63) is 57.3 Å². The lowest BCUT2D eigenvalue weighted by atomic mass is 10.1. The Balaban J connectivity index is 1.49. The zero-order chi connectivity index (χ0) is 16.9. The van der Waals surface area contributed by atoms with Crippen LogP contribution in [0, 0.1) is 3.57 Å². The summed E-state index contributed by atoms with van der Waals surface area (Å²) in [7, 11) is 0. The van der Waals surface area contributed by atoms with Crippen molar-refractivity contribution in [1.29, 1.82) is 0 Å². The molecule has 124 valence electrons. The first kappa shape index (κ1) is 16.8. The lowest BCUT2D eigenvalue weighted by Crippen LogP contribution is -2.24. The molecule has 24 heavy (non-hydrogen) atoms. The van der Waals surface area contributed by atoms with Gasteiger partial charge in [-0.2, -0.15) is 5.10 Å². The van der Waals surface area contributed by atoms with Crippen molar-refractivity contribution in [2.45, 2.75) is 19.3 Å². The topological polar surface area (TPSA) is 78.0 Å². The van der Waals surface area contributed by atoms with Crippen LogP contribution in [0.3, 0.4) is 0 Å². The fraction of sp³-hybridized carbons (Fsp3) is 0.222. The van der Waals surface area contributed by atoms with Crippen LogP contribution in [0.25, 0.3) is 10.9 Å². The number of phenols is 1. The molecule has 0 aliphatic heterocycles. The first-order chi connectivity index (χ1) is 11.7. The minimum absolute atomic E-state index is 0.00701. The Morgan fingerprint density at radius 3 is 2.83 bits per heavy atom. The lowest BCUT2D eigenvalue weighted by Gasteiger charge is -2.06. The van der Waals surface area contributed by atoms with E-state index in [0.29, 0.717) is 12.1 Å². The highest BCUT2D eigenvalue weighted by molar-refractivity contribution is 14.1. The summed E-state index contributed by atoms with van der Waals surface area (Å²) in [5.74, 6) is -0.236. The molecule has 3 aromatic rings. The van der Waals surface area contributed by atoms with Crippen molar-refractivity contribution in [3.63, 3.8) is 0 Å². The molecule has 3 rings (SSSR count). The minimum Gasteiger partial charge on any atom is -0.507 e. The van der Waals surface area contributed by atoms with E-state index < -0.39 is 0 Å². The second-order valence-electron chi connectivity index (χ2n) is 5.56. The third kappa shape index (κ3) is 3.69. The van der Waals surface area contributed by atoms with Crippen molar-refractivity contribution in [2.24, 2.45) is 0 Å². The van der Waals surface area contributed by atoms with Gasteiger partial charge in [0.1, 0.15) is 5.75 Å². The minimum atomic E-state index is -0.243. The van der Waals surface area contributed by atoms with E-state index in [4.69, 9.17) is 0 Å². The summed E-state index contributed by atoms with van der Waals surface area (Å²) >= 11 is 2.33. The van der Waals surface area contributed by atoms with E-state index in [1.165, 1.54) is 15.0 Å². The average molecular weight is 435 g/mol. The van der Waals surface area contributed by atoms with E-state index in [1.54, 1.807) is 18.2 Å². The number of amides is 1. The van der Waals surface area contributed by atoms with E-state index in [0.717, 1.165) is 30.5 Å². The van der Waals surface area contributed by atoms with Gasteiger partial charge in [0.15, 0.2) is 0 Å². The first-order valence-corrected chi connectivity index (χ1v) is 8.92. The molecule has 0 aliphatic rings. The van der Waals surface area contributed by atoms with Gasteiger partial charge in [0.25, 0.3) is 5.91 Å². The molecule has 0 fully saturated rings. The van der Waals surface area contributed by atoms with Crippen molar-refractivity contribution < 1.29 is 9.90 Å². The number of nitrogens with one attached hydrogen (secondary N) is 2. The number of hydrogen-bond acceptors (Lipinski definition) is 3. The normalized spacial score (nSPS) is 10.9. The summed E-state index contributed by atoms with van der Waals surface area (Å²) in [4.78, 5) is 12.0. The van der Waals surface area contributed by atoms with E-state index in [1.807, 2.05) is 12.1 Å². The number of halogens is 1. The predicted octanol–water partition coefficient (Wildman–Crippen LogP) is 3.63. The summed E-state index contributed by atoms with van der Waals surface area (Å²) in [5, 5.41) is 21.2. The van der Waals surface area contributed by atoms with Crippen LogP contribution >= 0.6 is 22.6 Å². The molecule has 0 spiro atoms. The second-order valence-corrected chi connectivity index (χ2v) is 6.73. The third-order valence-electron chi connectivity index (χ3n) is 3.89. The summed E-state index contributed by atoms with van der Waals surface area (Å²) < 4.78 is 1.20. The van der Waals surface area contributed by atoms with Crippen molar-refractivity contribution >= 4 is 39.4 Å². The number of aromatic hydroxyl groups is 1. The number of carbonyl (C=O) groups excluding carboxylic acids is 1. The molecule has 1 heterocycles. The molecular formula is C18H18IN3O2. The molecule has 0 radical (unpaired) electrons. The van der Waals surface area contributed by atoms with Gasteiger partial charge in [-0.1, -0.05) is 18.2 Å². The molecule has 2 aromatic carbocycles. The molecule has 0 atom stereocenters. The highest BCUT2D eigenvalue weighted by Crippen LogP contribution is 2.23. The SMILES string of the molecule is O=C(NCCCCc1n[nH]c2cccc(I)c12)c1ccccc1O. The standard InChI is InChI=1S/C18H18IN3O2/c19-13-7-5-9-15-17(13)14(21-22-15)8-3-4-11-20-18(24)12-6-1-2-10-16(12)23/h1-2,5-7,9-10,23H,3-4,8,11H2,(H,20,24)(H,21,22). The number of phenolic OH excluding ortho intramolecular Hbond substituents is 1. The van der Waals surface area contributed by atoms with Gasteiger partial charge in [0.05, 0.1) is 16.8 Å². The van der Waals surface area contributed by atoms with Gasteiger partial charge in [0, 0.05) is 15.5 Å². The van der Waals surface area contributed by atoms with E-state index in [2.05, 4.69) is 44.2 Å². The zero-order valence-corrected chi connectivity index (χ0v) is 15.2.